The van der Waals surface area contributed by atoms with Gasteiger partial charge in [-0.3, -0.25) is 4.79 Å². The number of carboxylic acids is 1. The lowest BCUT2D eigenvalue weighted by atomic mass is 9.77. The quantitative estimate of drug-likeness (QED) is 0.609. The largest absolute Gasteiger partial charge is 0.488 e. The predicted octanol–water partition coefficient (Wildman–Crippen LogP) is 4.66. The van der Waals surface area contributed by atoms with Gasteiger partial charge in [-0.25, -0.2) is 4.98 Å². The first-order chi connectivity index (χ1) is 13.6. The van der Waals surface area contributed by atoms with Crippen molar-refractivity contribution in [3.05, 3.63) is 72.3 Å². The third-order valence-corrected chi connectivity index (χ3v) is 5.68. The number of hydrogen-bond donors (Lipinski definition) is 1. The molecule has 1 aliphatic heterocycles. The van der Waals surface area contributed by atoms with Crippen LogP contribution in [0.25, 0.3) is 11.1 Å². The molecule has 1 atom stereocenters. The van der Waals surface area contributed by atoms with Crippen LogP contribution in [-0.2, 0) is 23.4 Å². The third kappa shape index (κ3) is 3.40. The van der Waals surface area contributed by atoms with Gasteiger partial charge in [0.2, 0.25) is 0 Å². The number of aromatic nitrogens is 2. The Morgan fingerprint density at radius 3 is 2.86 bits per heavy atom. The van der Waals surface area contributed by atoms with Crippen molar-refractivity contribution in [3.63, 3.8) is 0 Å². The Bertz CT molecular complexity index is 981. The molecule has 5 nitrogen and oxygen atoms in total. The Kier molecular flexibility index (Phi) is 4.90. The number of aryl methyl sites for hydroxylation is 1. The van der Waals surface area contributed by atoms with Crippen LogP contribution in [0.15, 0.2) is 61.2 Å². The molecule has 0 aliphatic carbocycles. The number of nitrogens with zero attached hydrogens (tertiary/aromatic N) is 2. The lowest BCUT2D eigenvalue weighted by Gasteiger charge is -2.28. The maximum atomic E-state index is 12.2. The smallest absolute Gasteiger partial charge is 0.313 e. The van der Waals surface area contributed by atoms with Crippen LogP contribution in [0.1, 0.15) is 37.3 Å². The number of rotatable bonds is 7. The van der Waals surface area contributed by atoms with Gasteiger partial charge in [0.1, 0.15) is 12.4 Å². The van der Waals surface area contributed by atoms with Crippen molar-refractivity contribution >= 4 is 5.97 Å². The molecule has 0 bridgehead atoms. The lowest BCUT2D eigenvalue weighted by Crippen LogP contribution is -2.32. The number of carbonyl (C=O) groups is 1. The van der Waals surface area contributed by atoms with Gasteiger partial charge in [0.15, 0.2) is 0 Å². The summed E-state index contributed by atoms with van der Waals surface area (Å²) in [5, 5.41) is 9.98. The van der Waals surface area contributed by atoms with Crippen molar-refractivity contribution < 1.29 is 14.6 Å². The van der Waals surface area contributed by atoms with E-state index in [9.17, 15) is 9.90 Å². The fraction of sp³-hybridized carbons (Fsp3) is 0.304. The van der Waals surface area contributed by atoms with E-state index in [0.717, 1.165) is 47.4 Å². The van der Waals surface area contributed by atoms with Crippen LogP contribution >= 0.6 is 0 Å². The van der Waals surface area contributed by atoms with Crippen LogP contribution in [-0.4, -0.2) is 20.6 Å². The molecule has 0 spiro atoms. The number of carboxylic acid groups (broad SMARTS) is 1. The van der Waals surface area contributed by atoms with E-state index in [1.54, 1.807) is 12.5 Å². The summed E-state index contributed by atoms with van der Waals surface area (Å²) in [5.74, 6) is -0.0339. The first kappa shape index (κ1) is 18.3. The topological polar surface area (TPSA) is 64.4 Å². The highest BCUT2D eigenvalue weighted by Crippen LogP contribution is 2.41. The Labute approximate surface area is 164 Å². The van der Waals surface area contributed by atoms with Crippen LogP contribution in [0.2, 0.25) is 0 Å². The van der Waals surface area contributed by atoms with E-state index in [4.69, 9.17) is 4.74 Å². The second-order valence-corrected chi connectivity index (χ2v) is 7.55. The van der Waals surface area contributed by atoms with Gasteiger partial charge < -0.3 is 14.4 Å². The molecule has 0 radical (unpaired) electrons. The van der Waals surface area contributed by atoms with Crippen molar-refractivity contribution in [1.82, 2.24) is 9.55 Å². The number of imidazole rings is 1. The summed E-state index contributed by atoms with van der Waals surface area (Å²) in [4.78, 5) is 16.2. The number of benzene rings is 2. The molecular formula is C23H24N2O3. The molecule has 1 aliphatic rings. The molecule has 0 saturated carbocycles. The summed E-state index contributed by atoms with van der Waals surface area (Å²) in [6.07, 6.45) is 7.78. The van der Waals surface area contributed by atoms with Crippen molar-refractivity contribution in [2.45, 2.75) is 44.8 Å². The Morgan fingerprint density at radius 2 is 2.07 bits per heavy atom. The van der Waals surface area contributed by atoms with Crippen LogP contribution in [0.5, 0.6) is 5.75 Å². The molecule has 2 aromatic carbocycles. The fourth-order valence-corrected chi connectivity index (χ4v) is 3.84. The van der Waals surface area contributed by atoms with Gasteiger partial charge in [0, 0.05) is 24.5 Å². The van der Waals surface area contributed by atoms with Crippen LogP contribution in [0.3, 0.4) is 0 Å². The van der Waals surface area contributed by atoms with Gasteiger partial charge >= 0.3 is 5.97 Å². The molecule has 28 heavy (non-hydrogen) atoms. The normalized spacial score (nSPS) is 14.5. The van der Waals surface area contributed by atoms with Crippen LogP contribution in [0.4, 0.5) is 0 Å². The standard InChI is InChI=1S/C23H24N2O3/c1-23(22(26)27,10-4-5-12-25-13-11-24-16-25)18-8-9-20-19-7-3-2-6-17(19)15-28-21(20)14-18/h2-3,6-9,11,13-14,16H,4-5,10,12,15H2,1H3,(H,26,27). The first-order valence-electron chi connectivity index (χ1n) is 9.63. The third-order valence-electron chi connectivity index (χ3n) is 5.68. The second kappa shape index (κ2) is 7.50. The molecule has 1 N–H and O–H groups in total. The van der Waals surface area contributed by atoms with Gasteiger partial charge in [-0.05, 0) is 42.5 Å². The average molecular weight is 376 g/mol. The van der Waals surface area contributed by atoms with Crippen molar-refractivity contribution in [1.29, 1.82) is 0 Å². The maximum Gasteiger partial charge on any atom is 0.313 e. The van der Waals surface area contributed by atoms with E-state index >= 15 is 0 Å². The Balaban J connectivity index is 1.54. The Hall–Kier alpha value is -3.08. The molecule has 0 saturated heterocycles. The van der Waals surface area contributed by atoms with Crippen molar-refractivity contribution in [2.24, 2.45) is 0 Å². The molecule has 5 heteroatoms. The molecule has 1 aromatic heterocycles. The summed E-state index contributed by atoms with van der Waals surface area (Å²) in [7, 11) is 0. The van der Waals surface area contributed by atoms with Crippen LogP contribution < -0.4 is 4.74 Å². The summed E-state index contributed by atoms with van der Waals surface area (Å²) in [5.41, 5.74) is 3.19. The number of unbranched alkanes of at least 4 members (excludes halogenated alkanes) is 1. The number of aliphatic carboxylic acids is 1. The molecule has 0 amide bonds. The monoisotopic (exact) mass is 376 g/mol. The van der Waals surface area contributed by atoms with E-state index in [0.29, 0.717) is 13.0 Å². The van der Waals surface area contributed by atoms with Gasteiger partial charge in [-0.2, -0.15) is 0 Å². The number of hydrogen-bond acceptors (Lipinski definition) is 3. The summed E-state index contributed by atoms with van der Waals surface area (Å²) >= 11 is 0. The zero-order valence-electron chi connectivity index (χ0n) is 16.0. The Morgan fingerprint density at radius 1 is 1.21 bits per heavy atom. The highest BCUT2D eigenvalue weighted by molar-refractivity contribution is 5.82. The molecule has 0 fully saturated rings. The first-order valence-corrected chi connectivity index (χ1v) is 9.63. The van der Waals surface area contributed by atoms with E-state index in [1.807, 2.05) is 48.0 Å². The van der Waals surface area contributed by atoms with Gasteiger partial charge in [-0.1, -0.05) is 42.8 Å². The predicted molar refractivity (Wildman–Crippen MR) is 107 cm³/mol. The molecule has 1 unspecified atom stereocenters. The summed E-state index contributed by atoms with van der Waals surface area (Å²) < 4.78 is 7.95. The summed E-state index contributed by atoms with van der Waals surface area (Å²) in [6, 6.07) is 14.0. The van der Waals surface area contributed by atoms with E-state index in [1.165, 1.54) is 0 Å². The number of fused-ring (bicyclic) bond motifs is 3. The van der Waals surface area contributed by atoms with Crippen molar-refractivity contribution in [3.8, 4) is 16.9 Å². The SMILES string of the molecule is CC(CCCCn1ccnc1)(C(=O)O)c1ccc2c(c1)OCc1ccccc1-2. The lowest BCUT2D eigenvalue weighted by molar-refractivity contribution is -0.143. The summed E-state index contributed by atoms with van der Waals surface area (Å²) in [6.45, 7) is 3.17. The molecule has 2 heterocycles. The van der Waals surface area contributed by atoms with E-state index < -0.39 is 11.4 Å². The zero-order chi connectivity index (χ0) is 19.6. The fourth-order valence-electron chi connectivity index (χ4n) is 3.84. The highest BCUT2D eigenvalue weighted by atomic mass is 16.5. The van der Waals surface area contributed by atoms with Gasteiger partial charge in [0.25, 0.3) is 0 Å². The minimum Gasteiger partial charge on any atom is -0.488 e. The van der Waals surface area contributed by atoms with Gasteiger partial charge in [-0.15, -0.1) is 0 Å². The minimum atomic E-state index is -0.940. The maximum absolute atomic E-state index is 12.2. The van der Waals surface area contributed by atoms with Crippen LogP contribution in [0, 0.1) is 0 Å². The average Bonchev–Trinajstić information content (AvgIpc) is 3.24. The molecular weight excluding hydrogens is 352 g/mol. The zero-order valence-corrected chi connectivity index (χ0v) is 16.0. The highest BCUT2D eigenvalue weighted by Gasteiger charge is 2.35. The second-order valence-electron chi connectivity index (χ2n) is 7.55. The minimum absolute atomic E-state index is 0.515. The van der Waals surface area contributed by atoms with E-state index in [-0.39, 0.29) is 0 Å². The van der Waals surface area contributed by atoms with Crippen molar-refractivity contribution in [2.75, 3.05) is 0 Å². The number of ether oxygens (including phenoxy) is 1. The van der Waals surface area contributed by atoms with Gasteiger partial charge in [0.05, 0.1) is 11.7 Å². The molecule has 4 rings (SSSR count). The molecule has 3 aromatic rings. The van der Waals surface area contributed by atoms with E-state index in [2.05, 4.69) is 17.1 Å². The molecule has 144 valence electrons.